The SMILES string of the molecule is CC(=O)N[C@H](Cc1ccc(F)cc1)C(=O)N[C@@H](Cc1ccc(OCc2ccccc2)c(OCc2ccccc2)c1)C(N)=O. The topological polar surface area (TPSA) is 120 Å². The summed E-state index contributed by atoms with van der Waals surface area (Å²) in [5.41, 5.74) is 8.95. The highest BCUT2D eigenvalue weighted by Crippen LogP contribution is 2.30. The van der Waals surface area contributed by atoms with Gasteiger partial charge in [0.15, 0.2) is 11.5 Å². The van der Waals surface area contributed by atoms with Gasteiger partial charge in [-0.1, -0.05) is 78.9 Å². The summed E-state index contributed by atoms with van der Waals surface area (Å²) in [5.74, 6) is -1.18. The largest absolute Gasteiger partial charge is 0.485 e. The van der Waals surface area contributed by atoms with Crippen molar-refractivity contribution in [3.05, 3.63) is 131 Å². The number of ether oxygens (including phenoxy) is 2. The van der Waals surface area contributed by atoms with Gasteiger partial charge < -0.3 is 25.8 Å². The first-order valence-electron chi connectivity index (χ1n) is 13.8. The molecule has 0 unspecified atom stereocenters. The Morgan fingerprint density at radius 2 is 1.21 bits per heavy atom. The maximum Gasteiger partial charge on any atom is 0.243 e. The number of carbonyl (C=O) groups excluding carboxylic acids is 3. The van der Waals surface area contributed by atoms with E-state index in [1.54, 1.807) is 18.2 Å². The minimum atomic E-state index is -1.07. The first-order chi connectivity index (χ1) is 20.8. The van der Waals surface area contributed by atoms with E-state index >= 15 is 0 Å². The molecule has 0 aliphatic heterocycles. The molecular weight excluding hydrogens is 549 g/mol. The molecule has 0 bridgehead atoms. The van der Waals surface area contributed by atoms with Gasteiger partial charge in [0, 0.05) is 19.8 Å². The van der Waals surface area contributed by atoms with Crippen molar-refractivity contribution in [3.8, 4) is 11.5 Å². The molecule has 4 aromatic rings. The molecule has 9 heteroatoms. The lowest BCUT2D eigenvalue weighted by atomic mass is 10.0. The lowest BCUT2D eigenvalue weighted by Crippen LogP contribution is -2.54. The Balaban J connectivity index is 1.50. The van der Waals surface area contributed by atoms with Gasteiger partial charge in [-0.3, -0.25) is 14.4 Å². The summed E-state index contributed by atoms with van der Waals surface area (Å²) in [5, 5.41) is 5.26. The van der Waals surface area contributed by atoms with Crippen LogP contribution in [0.5, 0.6) is 11.5 Å². The minimum absolute atomic E-state index is 0.0745. The number of hydrogen-bond donors (Lipinski definition) is 3. The summed E-state index contributed by atoms with van der Waals surface area (Å²) in [6.45, 7) is 1.92. The first-order valence-corrected chi connectivity index (χ1v) is 13.8. The van der Waals surface area contributed by atoms with Crippen molar-refractivity contribution in [2.24, 2.45) is 5.73 Å². The third kappa shape index (κ3) is 9.71. The van der Waals surface area contributed by atoms with Crippen LogP contribution in [0, 0.1) is 5.82 Å². The van der Waals surface area contributed by atoms with Gasteiger partial charge in [0.05, 0.1) is 0 Å². The van der Waals surface area contributed by atoms with E-state index in [4.69, 9.17) is 15.2 Å². The quantitative estimate of drug-likeness (QED) is 0.205. The van der Waals surface area contributed by atoms with E-state index in [-0.39, 0.29) is 12.8 Å². The predicted octanol–water partition coefficient (Wildman–Crippen LogP) is 4.24. The Bertz CT molecular complexity index is 1510. The Morgan fingerprint density at radius 1 is 0.674 bits per heavy atom. The molecule has 0 saturated carbocycles. The van der Waals surface area contributed by atoms with Crippen LogP contribution in [0.4, 0.5) is 4.39 Å². The fraction of sp³-hybridized carbons (Fsp3) is 0.206. The molecule has 0 aromatic heterocycles. The molecule has 3 amide bonds. The second-order valence-electron chi connectivity index (χ2n) is 10.1. The van der Waals surface area contributed by atoms with Gasteiger partial charge in [-0.15, -0.1) is 0 Å². The van der Waals surface area contributed by atoms with Crippen LogP contribution in [0.2, 0.25) is 0 Å². The standard InChI is InChI=1S/C34H34FN3O5/c1-23(39)37-30(18-24-12-15-28(35)16-13-24)34(41)38-29(33(36)40)19-27-14-17-31(42-21-25-8-4-2-5-9-25)32(20-27)43-22-26-10-6-3-7-11-26/h2-17,20,29-30H,18-19,21-22H2,1H3,(H2,36,40)(H,37,39)(H,38,41)/t29-,30+/m0/s1. The van der Waals surface area contributed by atoms with E-state index in [0.717, 1.165) is 11.1 Å². The molecule has 0 spiro atoms. The zero-order valence-corrected chi connectivity index (χ0v) is 23.8. The number of hydrogen-bond acceptors (Lipinski definition) is 5. The molecule has 4 rings (SSSR count). The van der Waals surface area contributed by atoms with Crippen molar-refractivity contribution < 1.29 is 28.2 Å². The smallest absolute Gasteiger partial charge is 0.243 e. The second-order valence-corrected chi connectivity index (χ2v) is 10.1. The number of amides is 3. The normalized spacial score (nSPS) is 12.0. The first kappa shape index (κ1) is 30.8. The molecule has 2 atom stereocenters. The summed E-state index contributed by atoms with van der Waals surface area (Å²) in [6, 6.07) is 28.2. The summed E-state index contributed by atoms with van der Waals surface area (Å²) in [7, 11) is 0. The average Bonchev–Trinajstić information content (AvgIpc) is 3.00. The summed E-state index contributed by atoms with van der Waals surface area (Å²) in [6.07, 6.45) is 0.174. The van der Waals surface area contributed by atoms with Gasteiger partial charge in [-0.05, 0) is 46.5 Å². The summed E-state index contributed by atoms with van der Waals surface area (Å²) < 4.78 is 25.5. The van der Waals surface area contributed by atoms with Gasteiger partial charge in [-0.25, -0.2) is 4.39 Å². The predicted molar refractivity (Wildman–Crippen MR) is 161 cm³/mol. The number of halogens is 1. The number of carbonyl (C=O) groups is 3. The summed E-state index contributed by atoms with van der Waals surface area (Å²) in [4.78, 5) is 37.4. The van der Waals surface area contributed by atoms with Gasteiger partial charge in [0.1, 0.15) is 31.1 Å². The zero-order chi connectivity index (χ0) is 30.6. The molecule has 8 nitrogen and oxygen atoms in total. The van der Waals surface area contributed by atoms with E-state index < -0.39 is 35.6 Å². The zero-order valence-electron chi connectivity index (χ0n) is 23.8. The summed E-state index contributed by atoms with van der Waals surface area (Å²) >= 11 is 0. The lowest BCUT2D eigenvalue weighted by molar-refractivity contribution is -0.130. The molecule has 43 heavy (non-hydrogen) atoms. The highest BCUT2D eigenvalue weighted by Gasteiger charge is 2.26. The highest BCUT2D eigenvalue weighted by atomic mass is 19.1. The number of rotatable bonds is 14. The van der Waals surface area contributed by atoms with E-state index in [1.165, 1.54) is 31.2 Å². The molecule has 0 aliphatic carbocycles. The molecule has 0 fully saturated rings. The van der Waals surface area contributed by atoms with Crippen molar-refractivity contribution in [2.75, 3.05) is 0 Å². The molecule has 0 aliphatic rings. The second kappa shape index (κ2) is 15.2. The fourth-order valence-corrected chi connectivity index (χ4v) is 4.42. The van der Waals surface area contributed by atoms with Crippen LogP contribution in [0.1, 0.15) is 29.2 Å². The maximum atomic E-state index is 13.4. The molecule has 4 N–H and O–H groups in total. The number of benzene rings is 4. The average molecular weight is 584 g/mol. The van der Waals surface area contributed by atoms with Gasteiger partial charge in [-0.2, -0.15) is 0 Å². The van der Waals surface area contributed by atoms with Crippen LogP contribution in [0.25, 0.3) is 0 Å². The monoisotopic (exact) mass is 583 g/mol. The van der Waals surface area contributed by atoms with Gasteiger partial charge in [0.2, 0.25) is 17.7 Å². The van der Waals surface area contributed by atoms with Crippen molar-refractivity contribution in [1.82, 2.24) is 10.6 Å². The molecule has 0 saturated heterocycles. The van der Waals surface area contributed by atoms with E-state index in [1.807, 2.05) is 60.7 Å². The van der Waals surface area contributed by atoms with Crippen LogP contribution < -0.4 is 25.8 Å². The Kier molecular flexibility index (Phi) is 10.9. The van der Waals surface area contributed by atoms with Crippen LogP contribution in [-0.2, 0) is 40.4 Å². The van der Waals surface area contributed by atoms with Crippen molar-refractivity contribution in [1.29, 1.82) is 0 Å². The Hall–Kier alpha value is -5.18. The number of nitrogens with one attached hydrogen (secondary N) is 2. The molecule has 0 heterocycles. The van der Waals surface area contributed by atoms with E-state index in [9.17, 15) is 18.8 Å². The van der Waals surface area contributed by atoms with Gasteiger partial charge in [0.25, 0.3) is 0 Å². The van der Waals surface area contributed by atoms with Crippen LogP contribution >= 0.6 is 0 Å². The number of nitrogens with two attached hydrogens (primary N) is 1. The van der Waals surface area contributed by atoms with Crippen molar-refractivity contribution in [2.45, 2.75) is 45.1 Å². The molecule has 222 valence electrons. The minimum Gasteiger partial charge on any atom is -0.485 e. The molecule has 4 aromatic carbocycles. The van der Waals surface area contributed by atoms with E-state index in [2.05, 4.69) is 10.6 Å². The van der Waals surface area contributed by atoms with Crippen molar-refractivity contribution >= 4 is 17.7 Å². The number of primary amides is 1. The highest BCUT2D eigenvalue weighted by molar-refractivity contribution is 5.91. The fourth-order valence-electron chi connectivity index (χ4n) is 4.42. The third-order valence-electron chi connectivity index (χ3n) is 6.63. The lowest BCUT2D eigenvalue weighted by Gasteiger charge is -2.22. The molecular formula is C34H34FN3O5. The van der Waals surface area contributed by atoms with Gasteiger partial charge >= 0.3 is 0 Å². The maximum absolute atomic E-state index is 13.4. The van der Waals surface area contributed by atoms with Crippen LogP contribution in [0.3, 0.4) is 0 Å². The third-order valence-corrected chi connectivity index (χ3v) is 6.63. The van der Waals surface area contributed by atoms with Crippen LogP contribution in [0.15, 0.2) is 103 Å². The Morgan fingerprint density at radius 3 is 1.77 bits per heavy atom. The Labute approximate surface area is 250 Å². The van der Waals surface area contributed by atoms with Crippen molar-refractivity contribution in [3.63, 3.8) is 0 Å². The van der Waals surface area contributed by atoms with E-state index in [0.29, 0.717) is 35.8 Å². The van der Waals surface area contributed by atoms with Crippen LogP contribution in [-0.4, -0.2) is 29.8 Å². The molecule has 0 radical (unpaired) electrons.